The maximum atomic E-state index is 13.2. The zero-order valence-corrected chi connectivity index (χ0v) is 15.4. The van der Waals surface area contributed by atoms with Gasteiger partial charge in [0, 0.05) is 12.5 Å². The maximum absolute atomic E-state index is 13.2. The van der Waals surface area contributed by atoms with Crippen molar-refractivity contribution in [3.63, 3.8) is 0 Å². The second-order valence-electron chi connectivity index (χ2n) is 5.32. The Kier molecular flexibility index (Phi) is 6.32. The Balaban J connectivity index is 1.47. The zero-order valence-electron chi connectivity index (χ0n) is 13.8. The number of ether oxygens (including phenoxy) is 2. The van der Waals surface area contributed by atoms with Crippen molar-refractivity contribution < 1.29 is 28.6 Å². The van der Waals surface area contributed by atoms with Gasteiger partial charge >= 0.3 is 0 Å². The summed E-state index contributed by atoms with van der Waals surface area (Å²) in [4.78, 5) is 0. The minimum absolute atomic E-state index is 0.185. The lowest BCUT2D eigenvalue weighted by Gasteiger charge is -2.08. The number of aromatic nitrogens is 5. The summed E-state index contributed by atoms with van der Waals surface area (Å²) in [5, 5.41) is 32.6. The summed E-state index contributed by atoms with van der Waals surface area (Å²) in [5.74, 6) is 0.656. The molecule has 0 aliphatic heterocycles. The number of aliphatic hydroxyl groups is 2. The Morgan fingerprint density at radius 2 is 2.04 bits per heavy atom. The Labute approximate surface area is 160 Å². The standard InChI is InChI=1S/C15H15BrFN5O5/c16-10-3-2-9(17)6-11(10)25-4-1-5-26-13-7-12(27-19-13)15-18-20-21-22(15)8-14(23)24/h2-3,6-7,14,23-24H,1,4-5,8H2. The van der Waals surface area contributed by atoms with Crippen molar-refractivity contribution in [3.05, 3.63) is 34.6 Å². The average molecular weight is 444 g/mol. The highest BCUT2D eigenvalue weighted by Crippen LogP contribution is 2.25. The molecule has 1 aromatic carbocycles. The lowest BCUT2D eigenvalue weighted by atomic mass is 10.3. The summed E-state index contributed by atoms with van der Waals surface area (Å²) >= 11 is 3.28. The second kappa shape index (κ2) is 8.88. The average Bonchev–Trinajstić information content (AvgIpc) is 3.26. The van der Waals surface area contributed by atoms with Gasteiger partial charge in [0.1, 0.15) is 11.6 Å². The Hall–Kier alpha value is -2.57. The molecule has 27 heavy (non-hydrogen) atoms. The Morgan fingerprint density at radius 3 is 2.85 bits per heavy atom. The van der Waals surface area contributed by atoms with Gasteiger partial charge in [-0.15, -0.1) is 5.10 Å². The molecule has 0 aliphatic carbocycles. The number of hydrogen-bond donors (Lipinski definition) is 2. The van der Waals surface area contributed by atoms with E-state index in [0.717, 1.165) is 0 Å². The first kappa shape index (κ1) is 19.2. The molecule has 0 unspecified atom stereocenters. The van der Waals surface area contributed by atoms with Crippen molar-refractivity contribution in [1.29, 1.82) is 0 Å². The largest absolute Gasteiger partial charge is 0.492 e. The van der Waals surface area contributed by atoms with E-state index in [1.54, 1.807) is 6.07 Å². The molecule has 0 fully saturated rings. The number of tetrazole rings is 1. The molecule has 2 N–H and O–H groups in total. The number of nitrogens with zero attached hydrogens (tertiary/aromatic N) is 5. The Morgan fingerprint density at radius 1 is 1.22 bits per heavy atom. The first-order valence-corrected chi connectivity index (χ1v) is 8.62. The molecular weight excluding hydrogens is 429 g/mol. The van der Waals surface area contributed by atoms with Crippen molar-refractivity contribution in [3.8, 4) is 23.2 Å². The van der Waals surface area contributed by atoms with Crippen LogP contribution in [0.25, 0.3) is 11.6 Å². The van der Waals surface area contributed by atoms with Crippen LogP contribution in [0, 0.1) is 5.82 Å². The van der Waals surface area contributed by atoms with Gasteiger partial charge in [0.15, 0.2) is 6.29 Å². The monoisotopic (exact) mass is 443 g/mol. The lowest BCUT2D eigenvalue weighted by molar-refractivity contribution is -0.0535. The van der Waals surface area contributed by atoms with Crippen LogP contribution in [-0.2, 0) is 6.54 Å². The van der Waals surface area contributed by atoms with Crippen molar-refractivity contribution >= 4 is 15.9 Å². The van der Waals surface area contributed by atoms with E-state index >= 15 is 0 Å². The molecule has 0 aliphatic rings. The molecule has 144 valence electrons. The fraction of sp³-hybridized carbons (Fsp3) is 0.333. The number of rotatable bonds is 9. The molecule has 0 radical (unpaired) electrons. The molecular formula is C15H15BrFN5O5. The molecule has 0 amide bonds. The summed E-state index contributed by atoms with van der Waals surface area (Å²) < 4.78 is 31.0. The number of benzene rings is 1. The maximum Gasteiger partial charge on any atom is 0.254 e. The van der Waals surface area contributed by atoms with Crippen LogP contribution in [0.3, 0.4) is 0 Å². The molecule has 2 aromatic heterocycles. The van der Waals surface area contributed by atoms with Crippen LogP contribution in [0.1, 0.15) is 6.42 Å². The van der Waals surface area contributed by atoms with Gasteiger partial charge in [-0.2, -0.15) is 0 Å². The van der Waals surface area contributed by atoms with Gasteiger partial charge in [-0.1, -0.05) is 0 Å². The predicted molar refractivity (Wildman–Crippen MR) is 91.2 cm³/mol. The topological polar surface area (TPSA) is 129 Å². The SMILES string of the molecule is OC(O)Cn1nnnc1-c1cc(OCCCOc2cc(F)ccc2Br)no1. The van der Waals surface area contributed by atoms with Crippen LogP contribution in [0.5, 0.6) is 11.6 Å². The number of halogens is 2. The van der Waals surface area contributed by atoms with Crippen LogP contribution in [0.2, 0.25) is 0 Å². The number of hydrogen-bond acceptors (Lipinski definition) is 9. The van der Waals surface area contributed by atoms with Crippen LogP contribution in [0.4, 0.5) is 4.39 Å². The third-order valence-electron chi connectivity index (χ3n) is 3.27. The molecule has 0 bridgehead atoms. The van der Waals surface area contributed by atoms with Crippen LogP contribution in [-0.4, -0.2) is 55.1 Å². The third kappa shape index (κ3) is 5.21. The van der Waals surface area contributed by atoms with E-state index in [1.807, 2.05) is 0 Å². The molecule has 0 spiro atoms. The van der Waals surface area contributed by atoms with E-state index in [-0.39, 0.29) is 29.8 Å². The normalized spacial score (nSPS) is 11.1. The third-order valence-corrected chi connectivity index (χ3v) is 3.92. The van der Waals surface area contributed by atoms with E-state index in [9.17, 15) is 4.39 Å². The first-order valence-electron chi connectivity index (χ1n) is 7.83. The van der Waals surface area contributed by atoms with Crippen LogP contribution < -0.4 is 9.47 Å². The van der Waals surface area contributed by atoms with Crippen LogP contribution >= 0.6 is 15.9 Å². The van der Waals surface area contributed by atoms with Gasteiger partial charge in [-0.25, -0.2) is 9.07 Å². The van der Waals surface area contributed by atoms with Gasteiger partial charge < -0.3 is 24.2 Å². The number of aliphatic hydroxyl groups excluding tert-OH is 1. The molecule has 3 aromatic rings. The fourth-order valence-corrected chi connectivity index (χ4v) is 2.46. The highest BCUT2D eigenvalue weighted by molar-refractivity contribution is 9.10. The van der Waals surface area contributed by atoms with E-state index in [1.165, 1.54) is 22.9 Å². The van der Waals surface area contributed by atoms with Crippen molar-refractivity contribution in [2.24, 2.45) is 0 Å². The molecule has 0 atom stereocenters. The molecule has 3 rings (SSSR count). The molecule has 12 heteroatoms. The minimum atomic E-state index is -1.61. The van der Waals surface area contributed by atoms with E-state index < -0.39 is 6.29 Å². The summed E-state index contributed by atoms with van der Waals surface area (Å²) in [6.07, 6.45) is -1.08. The minimum Gasteiger partial charge on any atom is -0.492 e. The molecule has 2 heterocycles. The summed E-state index contributed by atoms with van der Waals surface area (Å²) in [5.41, 5.74) is 0. The highest BCUT2D eigenvalue weighted by atomic mass is 79.9. The fourth-order valence-electron chi connectivity index (χ4n) is 2.10. The van der Waals surface area contributed by atoms with Gasteiger partial charge in [0.25, 0.3) is 5.88 Å². The van der Waals surface area contributed by atoms with Gasteiger partial charge in [0.05, 0.1) is 30.3 Å². The van der Waals surface area contributed by atoms with Gasteiger partial charge in [-0.3, -0.25) is 0 Å². The van der Waals surface area contributed by atoms with Crippen molar-refractivity contribution in [1.82, 2.24) is 25.4 Å². The highest BCUT2D eigenvalue weighted by Gasteiger charge is 2.17. The van der Waals surface area contributed by atoms with Crippen LogP contribution in [0.15, 0.2) is 33.3 Å². The summed E-state index contributed by atoms with van der Waals surface area (Å²) in [7, 11) is 0. The zero-order chi connectivity index (χ0) is 19.2. The van der Waals surface area contributed by atoms with Gasteiger partial charge in [0.2, 0.25) is 11.6 Å². The van der Waals surface area contributed by atoms with Gasteiger partial charge in [-0.05, 0) is 43.6 Å². The smallest absolute Gasteiger partial charge is 0.254 e. The quantitative estimate of drug-likeness (QED) is 0.372. The first-order chi connectivity index (χ1) is 13.0. The lowest BCUT2D eigenvalue weighted by Crippen LogP contribution is -2.16. The van der Waals surface area contributed by atoms with Crippen molar-refractivity contribution in [2.75, 3.05) is 13.2 Å². The molecule has 0 saturated heterocycles. The summed E-state index contributed by atoms with van der Waals surface area (Å²) in [6.45, 7) is 0.394. The predicted octanol–water partition coefficient (Wildman–Crippen LogP) is 1.39. The van der Waals surface area contributed by atoms with E-state index in [2.05, 4.69) is 36.6 Å². The molecule has 0 saturated carbocycles. The Bertz CT molecular complexity index is 887. The molecule has 10 nitrogen and oxygen atoms in total. The van der Waals surface area contributed by atoms with E-state index in [0.29, 0.717) is 29.9 Å². The summed E-state index contributed by atoms with van der Waals surface area (Å²) in [6, 6.07) is 5.68. The van der Waals surface area contributed by atoms with Crippen molar-refractivity contribution in [2.45, 2.75) is 19.3 Å². The van der Waals surface area contributed by atoms with E-state index in [4.69, 9.17) is 24.2 Å². The second-order valence-corrected chi connectivity index (χ2v) is 6.17.